The van der Waals surface area contributed by atoms with Gasteiger partial charge in [0.1, 0.15) is 5.75 Å². The highest BCUT2D eigenvalue weighted by molar-refractivity contribution is 5.80. The van der Waals surface area contributed by atoms with Crippen molar-refractivity contribution < 1.29 is 14.3 Å². The predicted octanol–water partition coefficient (Wildman–Crippen LogP) is 3.64. The zero-order valence-corrected chi connectivity index (χ0v) is 16.5. The van der Waals surface area contributed by atoms with Crippen LogP contribution in [0.5, 0.6) is 5.75 Å². The Kier molecular flexibility index (Phi) is 7.49. The van der Waals surface area contributed by atoms with Crippen molar-refractivity contribution in [3.63, 3.8) is 0 Å². The molecule has 0 N–H and O–H groups in total. The predicted molar refractivity (Wildman–Crippen MR) is 103 cm³/mol. The van der Waals surface area contributed by atoms with Gasteiger partial charge in [-0.15, -0.1) is 0 Å². The summed E-state index contributed by atoms with van der Waals surface area (Å²) in [6.45, 7) is 8.17. The van der Waals surface area contributed by atoms with Crippen LogP contribution in [0.2, 0.25) is 0 Å². The van der Waals surface area contributed by atoms with Crippen LogP contribution in [0.1, 0.15) is 58.1 Å². The first-order chi connectivity index (χ1) is 12.5. The minimum absolute atomic E-state index is 0.00218. The largest absolute Gasteiger partial charge is 0.497 e. The highest BCUT2D eigenvalue weighted by atomic mass is 16.5. The van der Waals surface area contributed by atoms with Gasteiger partial charge in [-0.1, -0.05) is 19.1 Å². The molecular formula is C21H32N2O3. The maximum atomic E-state index is 13.1. The van der Waals surface area contributed by atoms with Crippen molar-refractivity contribution in [2.24, 2.45) is 5.92 Å². The standard InChI is InChI=1S/C21H32N2O3/c1-5-8-20(24)22-13-11-17(12-14-22)21(25)23(6-2)16(3)18-9-7-10-19(15-18)26-4/h7,9-10,15-17H,5-6,8,11-14H2,1-4H3. The summed E-state index contributed by atoms with van der Waals surface area (Å²) < 4.78 is 5.31. The van der Waals surface area contributed by atoms with Gasteiger partial charge in [0, 0.05) is 32.0 Å². The van der Waals surface area contributed by atoms with Crippen molar-refractivity contribution >= 4 is 11.8 Å². The van der Waals surface area contributed by atoms with Crippen LogP contribution in [0.25, 0.3) is 0 Å². The average Bonchev–Trinajstić information content (AvgIpc) is 2.68. The molecule has 144 valence electrons. The molecule has 5 heteroatoms. The molecule has 0 radical (unpaired) electrons. The van der Waals surface area contributed by atoms with Crippen LogP contribution in [0.15, 0.2) is 24.3 Å². The van der Waals surface area contributed by atoms with Gasteiger partial charge in [0.2, 0.25) is 11.8 Å². The zero-order valence-electron chi connectivity index (χ0n) is 16.5. The fourth-order valence-electron chi connectivity index (χ4n) is 3.68. The summed E-state index contributed by atoms with van der Waals surface area (Å²) in [5.41, 5.74) is 1.08. The molecule has 1 aliphatic rings. The molecule has 1 aromatic rings. The Balaban J connectivity index is 2.01. The maximum Gasteiger partial charge on any atom is 0.226 e. The molecular weight excluding hydrogens is 328 g/mol. The summed E-state index contributed by atoms with van der Waals surface area (Å²) in [5.74, 6) is 1.23. The number of methoxy groups -OCH3 is 1. The summed E-state index contributed by atoms with van der Waals surface area (Å²) in [7, 11) is 1.65. The second kappa shape index (κ2) is 9.60. The molecule has 1 aliphatic heterocycles. The fourth-order valence-corrected chi connectivity index (χ4v) is 3.68. The number of carbonyl (C=O) groups is 2. The lowest BCUT2D eigenvalue weighted by atomic mass is 9.93. The smallest absolute Gasteiger partial charge is 0.226 e. The van der Waals surface area contributed by atoms with Crippen LogP contribution < -0.4 is 4.74 Å². The SMILES string of the molecule is CCCC(=O)N1CCC(C(=O)N(CC)C(C)c2cccc(OC)c2)CC1. The normalized spacial score (nSPS) is 16.2. The first kappa shape index (κ1) is 20.3. The third-order valence-electron chi connectivity index (χ3n) is 5.33. The highest BCUT2D eigenvalue weighted by Gasteiger charge is 2.31. The molecule has 1 aromatic carbocycles. The number of carbonyl (C=O) groups excluding carboxylic acids is 2. The number of piperidine rings is 1. The highest BCUT2D eigenvalue weighted by Crippen LogP contribution is 2.28. The van der Waals surface area contributed by atoms with Crippen LogP contribution in [0.3, 0.4) is 0 Å². The lowest BCUT2D eigenvalue weighted by molar-refractivity contribution is -0.142. The van der Waals surface area contributed by atoms with E-state index in [1.807, 2.05) is 47.9 Å². The Bertz CT molecular complexity index is 609. The first-order valence-electron chi connectivity index (χ1n) is 9.74. The number of hydrogen-bond donors (Lipinski definition) is 0. The van der Waals surface area contributed by atoms with E-state index in [9.17, 15) is 9.59 Å². The van der Waals surface area contributed by atoms with Crippen molar-refractivity contribution in [2.75, 3.05) is 26.7 Å². The quantitative estimate of drug-likeness (QED) is 0.746. The zero-order chi connectivity index (χ0) is 19.1. The third kappa shape index (κ3) is 4.77. The van der Waals surface area contributed by atoms with E-state index in [1.54, 1.807) is 7.11 Å². The number of rotatable bonds is 7. The second-order valence-electron chi connectivity index (χ2n) is 6.98. The van der Waals surface area contributed by atoms with Gasteiger partial charge in [-0.05, 0) is 50.8 Å². The average molecular weight is 360 g/mol. The summed E-state index contributed by atoms with van der Waals surface area (Å²) in [5, 5.41) is 0. The van der Waals surface area contributed by atoms with Crippen molar-refractivity contribution in [1.82, 2.24) is 9.80 Å². The van der Waals surface area contributed by atoms with Crippen LogP contribution in [-0.2, 0) is 9.59 Å². The second-order valence-corrected chi connectivity index (χ2v) is 6.98. The Labute approximate surface area is 157 Å². The monoisotopic (exact) mass is 360 g/mol. The lowest BCUT2D eigenvalue weighted by Gasteiger charge is -2.36. The van der Waals surface area contributed by atoms with E-state index >= 15 is 0 Å². The molecule has 5 nitrogen and oxygen atoms in total. The van der Waals surface area contributed by atoms with E-state index in [4.69, 9.17) is 4.74 Å². The minimum Gasteiger partial charge on any atom is -0.497 e. The van der Waals surface area contributed by atoms with E-state index in [-0.39, 0.29) is 23.8 Å². The number of nitrogens with zero attached hydrogens (tertiary/aromatic N) is 2. The molecule has 2 amide bonds. The minimum atomic E-state index is 0.00218. The van der Waals surface area contributed by atoms with Gasteiger partial charge in [-0.2, -0.15) is 0 Å². The Morgan fingerprint density at radius 1 is 1.27 bits per heavy atom. The number of likely N-dealkylation sites (tertiary alicyclic amines) is 1. The molecule has 1 unspecified atom stereocenters. The van der Waals surface area contributed by atoms with Gasteiger partial charge < -0.3 is 14.5 Å². The Hall–Kier alpha value is -2.04. The first-order valence-corrected chi connectivity index (χ1v) is 9.74. The summed E-state index contributed by atoms with van der Waals surface area (Å²) >= 11 is 0. The summed E-state index contributed by atoms with van der Waals surface area (Å²) in [6.07, 6.45) is 3.00. The molecule has 0 spiro atoms. The third-order valence-corrected chi connectivity index (χ3v) is 5.33. The Morgan fingerprint density at radius 2 is 1.96 bits per heavy atom. The van der Waals surface area contributed by atoms with Gasteiger partial charge in [0.15, 0.2) is 0 Å². The van der Waals surface area contributed by atoms with Gasteiger partial charge >= 0.3 is 0 Å². The van der Waals surface area contributed by atoms with E-state index in [2.05, 4.69) is 6.92 Å². The van der Waals surface area contributed by atoms with Crippen molar-refractivity contribution in [1.29, 1.82) is 0 Å². The van der Waals surface area contributed by atoms with Gasteiger partial charge in [-0.25, -0.2) is 0 Å². The van der Waals surface area contributed by atoms with Crippen molar-refractivity contribution in [2.45, 2.75) is 52.5 Å². The molecule has 26 heavy (non-hydrogen) atoms. The molecule has 1 heterocycles. The van der Waals surface area contributed by atoms with Gasteiger partial charge in [0.25, 0.3) is 0 Å². The van der Waals surface area contributed by atoms with Crippen LogP contribution in [0.4, 0.5) is 0 Å². The molecule has 1 atom stereocenters. The fraction of sp³-hybridized carbons (Fsp3) is 0.619. The molecule has 0 aliphatic carbocycles. The van der Waals surface area contributed by atoms with Crippen molar-refractivity contribution in [3.8, 4) is 5.75 Å². The number of hydrogen-bond acceptors (Lipinski definition) is 3. The van der Waals surface area contributed by atoms with Crippen LogP contribution in [-0.4, -0.2) is 48.4 Å². The summed E-state index contributed by atoms with van der Waals surface area (Å²) in [4.78, 5) is 29.0. The van der Waals surface area contributed by atoms with Crippen LogP contribution >= 0.6 is 0 Å². The maximum absolute atomic E-state index is 13.1. The molecule has 2 rings (SSSR count). The molecule has 1 fully saturated rings. The Morgan fingerprint density at radius 3 is 2.54 bits per heavy atom. The van der Waals surface area contributed by atoms with E-state index in [0.29, 0.717) is 26.1 Å². The molecule has 1 saturated heterocycles. The molecule has 0 bridgehead atoms. The van der Waals surface area contributed by atoms with E-state index < -0.39 is 0 Å². The number of ether oxygens (including phenoxy) is 1. The molecule has 0 saturated carbocycles. The van der Waals surface area contributed by atoms with Crippen molar-refractivity contribution in [3.05, 3.63) is 29.8 Å². The van der Waals surface area contributed by atoms with Gasteiger partial charge in [-0.3, -0.25) is 9.59 Å². The van der Waals surface area contributed by atoms with E-state index in [1.165, 1.54) is 0 Å². The van der Waals surface area contributed by atoms with Gasteiger partial charge in [0.05, 0.1) is 13.2 Å². The summed E-state index contributed by atoms with van der Waals surface area (Å²) in [6, 6.07) is 7.90. The topological polar surface area (TPSA) is 49.9 Å². The van der Waals surface area contributed by atoms with E-state index in [0.717, 1.165) is 30.6 Å². The molecule has 0 aromatic heterocycles. The number of benzene rings is 1. The van der Waals surface area contributed by atoms with Crippen LogP contribution in [0, 0.1) is 5.92 Å². The lowest BCUT2D eigenvalue weighted by Crippen LogP contribution is -2.45. The number of amides is 2.